The van der Waals surface area contributed by atoms with Gasteiger partial charge in [0.2, 0.25) is 0 Å². The molecular weight excluding hydrogens is 200 g/mol. The summed E-state index contributed by atoms with van der Waals surface area (Å²) in [6.07, 6.45) is 0. The lowest BCUT2D eigenvalue weighted by Gasteiger charge is -2.08. The highest BCUT2D eigenvalue weighted by molar-refractivity contribution is 5.98. The van der Waals surface area contributed by atoms with E-state index in [0.29, 0.717) is 17.5 Å². The van der Waals surface area contributed by atoms with Gasteiger partial charge in [0.05, 0.1) is 0 Å². The Morgan fingerprint density at radius 3 is 2.25 bits per heavy atom. The molecule has 0 unspecified atom stereocenters. The molecule has 1 rings (SSSR count). The van der Waals surface area contributed by atoms with Crippen LogP contribution in [0.2, 0.25) is 0 Å². The normalized spacial score (nSPS) is 12.2. The summed E-state index contributed by atoms with van der Waals surface area (Å²) in [4.78, 5) is 4.32. The minimum absolute atomic E-state index is 0.334. The summed E-state index contributed by atoms with van der Waals surface area (Å²) in [7, 11) is 0. The number of hydrogen-bond acceptors (Lipinski definition) is 2. The standard InChI is InChI=1S/C13H20N2O/c1-8(2)7-15-13(14)11-5-9(3)12(16)10(4)6-11/h5-6,8,16H,7H2,1-4H3,(H2,14,15). The quantitative estimate of drug-likeness (QED) is 0.607. The van der Waals surface area contributed by atoms with Gasteiger partial charge in [-0.2, -0.15) is 0 Å². The van der Waals surface area contributed by atoms with Crippen molar-refractivity contribution in [3.8, 4) is 5.75 Å². The van der Waals surface area contributed by atoms with Gasteiger partial charge in [0.1, 0.15) is 11.6 Å². The van der Waals surface area contributed by atoms with Gasteiger partial charge in [0, 0.05) is 12.1 Å². The molecule has 1 aromatic rings. The Labute approximate surface area is 97.0 Å². The van der Waals surface area contributed by atoms with Crippen LogP contribution in [-0.4, -0.2) is 17.5 Å². The van der Waals surface area contributed by atoms with E-state index in [1.807, 2.05) is 26.0 Å². The van der Waals surface area contributed by atoms with Crippen molar-refractivity contribution >= 4 is 5.84 Å². The molecule has 0 saturated heterocycles. The Kier molecular flexibility index (Phi) is 3.93. The number of hydrogen-bond donors (Lipinski definition) is 2. The molecule has 0 atom stereocenters. The molecule has 0 amide bonds. The molecule has 3 heteroatoms. The third kappa shape index (κ3) is 2.99. The molecule has 0 saturated carbocycles. The van der Waals surface area contributed by atoms with Crippen LogP contribution in [0.3, 0.4) is 0 Å². The number of aromatic hydroxyl groups is 1. The first-order valence-electron chi connectivity index (χ1n) is 5.52. The summed E-state index contributed by atoms with van der Waals surface area (Å²) in [5.41, 5.74) is 8.44. The summed E-state index contributed by atoms with van der Waals surface area (Å²) in [5, 5.41) is 9.65. The lowest BCUT2D eigenvalue weighted by molar-refractivity contribution is 0.467. The minimum Gasteiger partial charge on any atom is -0.507 e. The van der Waals surface area contributed by atoms with Crippen molar-refractivity contribution in [3.63, 3.8) is 0 Å². The van der Waals surface area contributed by atoms with Crippen LogP contribution >= 0.6 is 0 Å². The van der Waals surface area contributed by atoms with Crippen LogP contribution in [0.5, 0.6) is 5.75 Å². The van der Waals surface area contributed by atoms with E-state index in [0.717, 1.165) is 23.2 Å². The van der Waals surface area contributed by atoms with Gasteiger partial charge in [-0.15, -0.1) is 0 Å². The molecule has 3 N–H and O–H groups in total. The highest BCUT2D eigenvalue weighted by Crippen LogP contribution is 2.22. The number of phenolic OH excluding ortho intramolecular Hbond substituents is 1. The summed E-state index contributed by atoms with van der Waals surface area (Å²) in [6, 6.07) is 3.73. The van der Waals surface area contributed by atoms with E-state index < -0.39 is 0 Å². The van der Waals surface area contributed by atoms with E-state index in [2.05, 4.69) is 18.8 Å². The Hall–Kier alpha value is -1.51. The number of phenols is 1. The largest absolute Gasteiger partial charge is 0.507 e. The van der Waals surface area contributed by atoms with Crippen molar-refractivity contribution in [3.05, 3.63) is 28.8 Å². The molecule has 0 aliphatic carbocycles. The van der Waals surface area contributed by atoms with Crippen molar-refractivity contribution in [2.75, 3.05) is 6.54 Å². The van der Waals surface area contributed by atoms with Crippen LogP contribution in [0.4, 0.5) is 0 Å². The molecule has 0 bridgehead atoms. The summed E-state index contributed by atoms with van der Waals surface area (Å²) >= 11 is 0. The van der Waals surface area contributed by atoms with E-state index in [9.17, 15) is 5.11 Å². The highest BCUT2D eigenvalue weighted by atomic mass is 16.3. The van der Waals surface area contributed by atoms with Crippen molar-refractivity contribution in [1.82, 2.24) is 0 Å². The molecule has 0 aliphatic heterocycles. The average Bonchev–Trinajstić information content (AvgIpc) is 2.21. The van der Waals surface area contributed by atoms with Gasteiger partial charge in [-0.05, 0) is 43.0 Å². The second kappa shape index (κ2) is 5.01. The predicted octanol–water partition coefficient (Wildman–Crippen LogP) is 2.37. The summed E-state index contributed by atoms with van der Waals surface area (Å²) in [5.74, 6) is 1.37. The summed E-state index contributed by atoms with van der Waals surface area (Å²) in [6.45, 7) is 8.65. The first-order valence-corrected chi connectivity index (χ1v) is 5.52. The van der Waals surface area contributed by atoms with Crippen LogP contribution in [0.25, 0.3) is 0 Å². The second-order valence-electron chi connectivity index (χ2n) is 4.58. The molecule has 0 fully saturated rings. The molecule has 0 radical (unpaired) electrons. The maximum absolute atomic E-state index is 9.65. The van der Waals surface area contributed by atoms with E-state index >= 15 is 0 Å². The van der Waals surface area contributed by atoms with E-state index in [1.165, 1.54) is 0 Å². The molecule has 0 aromatic heterocycles. The fraction of sp³-hybridized carbons (Fsp3) is 0.462. The number of aryl methyl sites for hydroxylation is 2. The number of amidine groups is 1. The van der Waals surface area contributed by atoms with Crippen molar-refractivity contribution in [1.29, 1.82) is 0 Å². The van der Waals surface area contributed by atoms with Gasteiger partial charge in [-0.3, -0.25) is 4.99 Å². The predicted molar refractivity (Wildman–Crippen MR) is 68.0 cm³/mol. The first kappa shape index (κ1) is 12.6. The maximum atomic E-state index is 9.65. The fourth-order valence-electron chi connectivity index (χ4n) is 1.48. The van der Waals surface area contributed by atoms with Crippen molar-refractivity contribution in [2.45, 2.75) is 27.7 Å². The number of nitrogens with zero attached hydrogens (tertiary/aromatic N) is 1. The van der Waals surface area contributed by atoms with Crippen LogP contribution in [0.1, 0.15) is 30.5 Å². The molecule has 0 spiro atoms. The summed E-state index contributed by atoms with van der Waals surface area (Å²) < 4.78 is 0. The molecule has 3 nitrogen and oxygen atoms in total. The van der Waals surface area contributed by atoms with Gasteiger partial charge >= 0.3 is 0 Å². The molecule has 88 valence electrons. The van der Waals surface area contributed by atoms with E-state index in [4.69, 9.17) is 5.73 Å². The highest BCUT2D eigenvalue weighted by Gasteiger charge is 2.06. The maximum Gasteiger partial charge on any atom is 0.125 e. The van der Waals surface area contributed by atoms with Gasteiger partial charge in [0.25, 0.3) is 0 Å². The van der Waals surface area contributed by atoms with Crippen LogP contribution in [0.15, 0.2) is 17.1 Å². The number of rotatable bonds is 3. The Bertz CT molecular complexity index is 385. The molecule has 0 heterocycles. The Balaban J connectivity index is 3.01. The van der Waals surface area contributed by atoms with E-state index in [1.54, 1.807) is 0 Å². The van der Waals surface area contributed by atoms with Crippen molar-refractivity contribution < 1.29 is 5.11 Å². The smallest absolute Gasteiger partial charge is 0.125 e. The van der Waals surface area contributed by atoms with Crippen LogP contribution in [-0.2, 0) is 0 Å². The number of aliphatic imine (C=N–C) groups is 1. The monoisotopic (exact) mass is 220 g/mol. The fourth-order valence-corrected chi connectivity index (χ4v) is 1.48. The average molecular weight is 220 g/mol. The Morgan fingerprint density at radius 1 is 1.31 bits per heavy atom. The zero-order chi connectivity index (χ0) is 12.3. The molecule has 0 aliphatic rings. The van der Waals surface area contributed by atoms with Gasteiger partial charge in [0.15, 0.2) is 0 Å². The molecular formula is C13H20N2O. The lowest BCUT2D eigenvalue weighted by atomic mass is 10.1. The topological polar surface area (TPSA) is 58.6 Å². The molecule has 1 aromatic carbocycles. The lowest BCUT2D eigenvalue weighted by Crippen LogP contribution is -2.15. The first-order chi connectivity index (χ1) is 7.41. The van der Waals surface area contributed by atoms with Crippen molar-refractivity contribution in [2.24, 2.45) is 16.6 Å². The van der Waals surface area contributed by atoms with E-state index in [-0.39, 0.29) is 0 Å². The zero-order valence-electron chi connectivity index (χ0n) is 10.4. The Morgan fingerprint density at radius 2 is 1.81 bits per heavy atom. The third-order valence-corrected chi connectivity index (χ3v) is 2.41. The van der Waals surface area contributed by atoms with Crippen LogP contribution in [0, 0.1) is 19.8 Å². The van der Waals surface area contributed by atoms with Crippen LogP contribution < -0.4 is 5.73 Å². The minimum atomic E-state index is 0.334. The number of benzene rings is 1. The third-order valence-electron chi connectivity index (χ3n) is 2.41. The van der Waals surface area contributed by atoms with Gasteiger partial charge in [-0.1, -0.05) is 13.8 Å². The SMILES string of the molecule is Cc1cc(C(N)=NCC(C)C)cc(C)c1O. The number of nitrogens with two attached hydrogens (primary N) is 1. The second-order valence-corrected chi connectivity index (χ2v) is 4.58. The zero-order valence-corrected chi connectivity index (χ0v) is 10.4. The van der Waals surface area contributed by atoms with Gasteiger partial charge in [-0.25, -0.2) is 0 Å². The van der Waals surface area contributed by atoms with Gasteiger partial charge < -0.3 is 10.8 Å². The molecule has 16 heavy (non-hydrogen) atoms.